The van der Waals surface area contributed by atoms with Crippen molar-refractivity contribution in [2.24, 2.45) is 25.1 Å². The van der Waals surface area contributed by atoms with Gasteiger partial charge in [0.15, 0.2) is 0 Å². The molecule has 0 radical (unpaired) electrons. The lowest BCUT2D eigenvalue weighted by Crippen LogP contribution is -2.37. The van der Waals surface area contributed by atoms with Crippen LogP contribution in [0.3, 0.4) is 0 Å². The van der Waals surface area contributed by atoms with E-state index in [1.807, 2.05) is 6.21 Å². The smallest absolute Gasteiger partial charge is 0.281 e. The van der Waals surface area contributed by atoms with Crippen molar-refractivity contribution < 1.29 is 0 Å². The van der Waals surface area contributed by atoms with Crippen LogP contribution in [0.5, 0.6) is 0 Å². The van der Waals surface area contributed by atoms with Gasteiger partial charge in [-0.2, -0.15) is 5.10 Å². The van der Waals surface area contributed by atoms with E-state index in [4.69, 9.17) is 0 Å². The molecule has 0 bridgehead atoms. The maximum Gasteiger partial charge on any atom is 0.332 e. The lowest BCUT2D eigenvalue weighted by molar-refractivity contribution is 0.626. The lowest BCUT2D eigenvalue weighted by atomic mass is 9.96. The molecule has 1 aliphatic rings. The lowest BCUT2D eigenvalue weighted by Gasteiger charge is -2.12. The molecule has 0 saturated heterocycles. The van der Waals surface area contributed by atoms with Gasteiger partial charge in [0, 0.05) is 26.4 Å². The van der Waals surface area contributed by atoms with Crippen molar-refractivity contribution in [3.8, 4) is 0 Å². The first-order valence-corrected chi connectivity index (χ1v) is 6.31. The van der Waals surface area contributed by atoms with E-state index in [0.717, 1.165) is 23.8 Å². The third-order valence-electron chi connectivity index (χ3n) is 3.30. The van der Waals surface area contributed by atoms with Gasteiger partial charge in [0.1, 0.15) is 5.82 Å². The standard InChI is InChI=1S/C13H18N4O2/c1-16-11(8-12(18)17(2)13(16)19)15-14-9-10-6-4-3-5-7-10/h3-4,8-10,15H,5-7H2,1-2H3/b14-9+. The second-order valence-electron chi connectivity index (χ2n) is 4.70. The Morgan fingerprint density at radius 2 is 2.11 bits per heavy atom. The van der Waals surface area contributed by atoms with E-state index in [-0.39, 0.29) is 11.2 Å². The molecule has 0 amide bonds. The number of hydrogen-bond donors (Lipinski definition) is 1. The van der Waals surface area contributed by atoms with E-state index < -0.39 is 0 Å². The average molecular weight is 262 g/mol. The van der Waals surface area contributed by atoms with Gasteiger partial charge < -0.3 is 0 Å². The molecule has 0 aliphatic heterocycles. The zero-order valence-electron chi connectivity index (χ0n) is 11.2. The zero-order valence-corrected chi connectivity index (χ0v) is 11.2. The fraction of sp³-hybridized carbons (Fsp3) is 0.462. The van der Waals surface area contributed by atoms with Crippen LogP contribution in [0.1, 0.15) is 19.3 Å². The van der Waals surface area contributed by atoms with Crippen molar-refractivity contribution in [1.29, 1.82) is 0 Å². The van der Waals surface area contributed by atoms with E-state index >= 15 is 0 Å². The molecule has 1 aromatic heterocycles. The molecule has 6 heteroatoms. The molecule has 0 aromatic carbocycles. The summed E-state index contributed by atoms with van der Waals surface area (Å²) in [5.41, 5.74) is 2.05. The summed E-state index contributed by atoms with van der Waals surface area (Å²) in [5.74, 6) is 0.816. The molecule has 1 N–H and O–H groups in total. The van der Waals surface area contributed by atoms with E-state index in [2.05, 4.69) is 22.7 Å². The Morgan fingerprint density at radius 3 is 2.79 bits per heavy atom. The molecular formula is C13H18N4O2. The molecular weight excluding hydrogens is 244 g/mol. The summed E-state index contributed by atoms with van der Waals surface area (Å²) in [7, 11) is 3.05. The molecule has 6 nitrogen and oxygen atoms in total. The molecule has 0 fully saturated rings. The molecule has 0 spiro atoms. The van der Waals surface area contributed by atoms with Crippen molar-refractivity contribution in [2.45, 2.75) is 19.3 Å². The van der Waals surface area contributed by atoms with Crippen molar-refractivity contribution in [2.75, 3.05) is 5.43 Å². The molecule has 19 heavy (non-hydrogen) atoms. The van der Waals surface area contributed by atoms with Crippen LogP contribution < -0.4 is 16.7 Å². The molecule has 1 unspecified atom stereocenters. The topological polar surface area (TPSA) is 68.4 Å². The van der Waals surface area contributed by atoms with Crippen molar-refractivity contribution >= 4 is 12.0 Å². The third-order valence-corrected chi connectivity index (χ3v) is 3.30. The maximum atomic E-state index is 11.7. The number of hydrazone groups is 1. The van der Waals surface area contributed by atoms with Crippen LogP contribution in [0.2, 0.25) is 0 Å². The van der Waals surface area contributed by atoms with Crippen LogP contribution in [-0.2, 0) is 14.1 Å². The van der Waals surface area contributed by atoms with Crippen LogP contribution in [0, 0.1) is 5.92 Å². The van der Waals surface area contributed by atoms with Gasteiger partial charge in [-0.15, -0.1) is 0 Å². The number of hydrogen-bond acceptors (Lipinski definition) is 4. The first kappa shape index (κ1) is 13.3. The van der Waals surface area contributed by atoms with Gasteiger partial charge in [-0.1, -0.05) is 12.2 Å². The SMILES string of the molecule is Cn1c(N/N=C/C2CC=CCC2)cc(=O)n(C)c1=O. The number of allylic oxidation sites excluding steroid dienone is 2. The molecule has 1 aromatic rings. The average Bonchev–Trinajstić information content (AvgIpc) is 2.43. The number of rotatable bonds is 3. The Morgan fingerprint density at radius 1 is 1.32 bits per heavy atom. The number of nitrogens with zero attached hydrogens (tertiary/aromatic N) is 3. The van der Waals surface area contributed by atoms with Gasteiger partial charge >= 0.3 is 5.69 Å². The number of anilines is 1. The minimum absolute atomic E-state index is 0.346. The van der Waals surface area contributed by atoms with Crippen LogP contribution in [0.15, 0.2) is 32.9 Å². The van der Waals surface area contributed by atoms with Gasteiger partial charge in [-0.05, 0) is 25.2 Å². The summed E-state index contributed by atoms with van der Waals surface area (Å²) in [6.45, 7) is 0. The summed E-state index contributed by atoms with van der Waals surface area (Å²) in [6.07, 6.45) is 9.29. The van der Waals surface area contributed by atoms with Crippen LogP contribution in [0.25, 0.3) is 0 Å². The summed E-state index contributed by atoms with van der Waals surface area (Å²) in [6, 6.07) is 1.36. The third kappa shape index (κ3) is 3.01. The van der Waals surface area contributed by atoms with Gasteiger partial charge in [-0.3, -0.25) is 19.4 Å². The maximum absolute atomic E-state index is 11.7. The highest BCUT2D eigenvalue weighted by Crippen LogP contribution is 2.15. The van der Waals surface area contributed by atoms with Crippen LogP contribution >= 0.6 is 0 Å². The predicted molar refractivity (Wildman–Crippen MR) is 75.5 cm³/mol. The quantitative estimate of drug-likeness (QED) is 0.498. The van der Waals surface area contributed by atoms with Gasteiger partial charge in [0.05, 0.1) is 0 Å². The normalized spacial score (nSPS) is 18.9. The second kappa shape index (κ2) is 5.69. The Labute approximate surface area is 111 Å². The molecule has 1 heterocycles. The van der Waals surface area contributed by atoms with E-state index in [9.17, 15) is 9.59 Å². The largest absolute Gasteiger partial charge is 0.332 e. The van der Waals surface area contributed by atoms with Crippen molar-refractivity contribution in [3.63, 3.8) is 0 Å². The van der Waals surface area contributed by atoms with Crippen LogP contribution in [-0.4, -0.2) is 15.3 Å². The van der Waals surface area contributed by atoms with Crippen molar-refractivity contribution in [3.05, 3.63) is 39.1 Å². The summed E-state index contributed by atoms with van der Waals surface area (Å²) in [5, 5.41) is 4.12. The Balaban J connectivity index is 2.12. The van der Waals surface area contributed by atoms with Gasteiger partial charge in [0.2, 0.25) is 0 Å². The second-order valence-corrected chi connectivity index (χ2v) is 4.70. The monoisotopic (exact) mass is 262 g/mol. The summed E-state index contributed by atoms with van der Waals surface area (Å²) >= 11 is 0. The molecule has 1 atom stereocenters. The highest BCUT2D eigenvalue weighted by molar-refractivity contribution is 5.62. The van der Waals surface area contributed by atoms with E-state index in [1.165, 1.54) is 17.7 Å². The fourth-order valence-corrected chi connectivity index (χ4v) is 2.00. The molecule has 1 aliphatic carbocycles. The minimum atomic E-state index is -0.370. The van der Waals surface area contributed by atoms with Gasteiger partial charge in [-0.25, -0.2) is 4.79 Å². The highest BCUT2D eigenvalue weighted by atomic mass is 16.2. The first-order chi connectivity index (χ1) is 9.09. The van der Waals surface area contributed by atoms with Crippen LogP contribution in [0.4, 0.5) is 5.82 Å². The Hall–Kier alpha value is -2.11. The van der Waals surface area contributed by atoms with E-state index in [0.29, 0.717) is 11.7 Å². The molecule has 2 rings (SSSR count). The first-order valence-electron chi connectivity index (χ1n) is 6.31. The summed E-state index contributed by atoms with van der Waals surface area (Å²) in [4.78, 5) is 23.2. The number of aromatic nitrogens is 2. The molecule has 102 valence electrons. The molecule has 0 saturated carbocycles. The summed E-state index contributed by atoms with van der Waals surface area (Å²) < 4.78 is 2.42. The zero-order chi connectivity index (χ0) is 13.8. The number of nitrogens with one attached hydrogen (secondary N) is 1. The van der Waals surface area contributed by atoms with Gasteiger partial charge in [0.25, 0.3) is 5.56 Å². The Bertz CT molecular complexity index is 625. The van der Waals surface area contributed by atoms with E-state index in [1.54, 1.807) is 7.05 Å². The minimum Gasteiger partial charge on any atom is -0.281 e. The highest BCUT2D eigenvalue weighted by Gasteiger charge is 2.07. The predicted octanol–water partition coefficient (Wildman–Crippen LogP) is 0.838. The Kier molecular flexibility index (Phi) is 3.99. The fourth-order valence-electron chi connectivity index (χ4n) is 2.00. The van der Waals surface area contributed by atoms with Crippen molar-refractivity contribution in [1.82, 2.24) is 9.13 Å².